The third kappa shape index (κ3) is 4.18. The first-order valence-corrected chi connectivity index (χ1v) is 11.2. The van der Waals surface area contributed by atoms with Crippen molar-refractivity contribution in [2.45, 2.75) is 24.0 Å². The zero-order chi connectivity index (χ0) is 20.3. The SMILES string of the molecule is CNC(=O)Nc1ccc(-c2nc(N3CCOCC3)cc(C3(SC)CCC3)n2)cc1. The van der Waals surface area contributed by atoms with Crippen LogP contribution in [-0.2, 0) is 9.48 Å². The molecule has 0 bridgehead atoms. The van der Waals surface area contributed by atoms with Gasteiger partial charge in [0.1, 0.15) is 5.82 Å². The predicted molar refractivity (Wildman–Crippen MR) is 118 cm³/mol. The molecule has 0 atom stereocenters. The topological polar surface area (TPSA) is 79.4 Å². The van der Waals surface area contributed by atoms with Gasteiger partial charge in [0.05, 0.1) is 23.7 Å². The van der Waals surface area contributed by atoms with E-state index >= 15 is 0 Å². The molecule has 2 heterocycles. The number of morpholine rings is 1. The first kappa shape index (κ1) is 20.0. The van der Waals surface area contributed by atoms with E-state index in [-0.39, 0.29) is 10.8 Å². The molecule has 1 saturated heterocycles. The summed E-state index contributed by atoms with van der Waals surface area (Å²) >= 11 is 1.90. The lowest BCUT2D eigenvalue weighted by Gasteiger charge is -2.40. The van der Waals surface area contributed by atoms with Gasteiger partial charge in [-0.25, -0.2) is 14.8 Å². The highest BCUT2D eigenvalue weighted by molar-refractivity contribution is 7.99. The highest BCUT2D eigenvalue weighted by atomic mass is 32.2. The summed E-state index contributed by atoms with van der Waals surface area (Å²) in [6.07, 6.45) is 5.73. The number of nitrogens with zero attached hydrogens (tertiary/aromatic N) is 3. The van der Waals surface area contributed by atoms with Crippen molar-refractivity contribution in [3.05, 3.63) is 36.0 Å². The number of amides is 2. The zero-order valence-corrected chi connectivity index (χ0v) is 17.7. The number of ether oxygens (including phenoxy) is 1. The van der Waals surface area contributed by atoms with Gasteiger partial charge in [-0.05, 0) is 49.8 Å². The van der Waals surface area contributed by atoms with Crippen molar-refractivity contribution in [2.75, 3.05) is 49.8 Å². The summed E-state index contributed by atoms with van der Waals surface area (Å²) in [6, 6.07) is 9.61. The Morgan fingerprint density at radius 3 is 2.48 bits per heavy atom. The number of benzene rings is 1. The van der Waals surface area contributed by atoms with Crippen LogP contribution in [0.15, 0.2) is 30.3 Å². The summed E-state index contributed by atoms with van der Waals surface area (Å²) in [5.41, 5.74) is 2.80. The smallest absolute Gasteiger partial charge is 0.318 e. The van der Waals surface area contributed by atoms with Gasteiger partial charge < -0.3 is 20.3 Å². The number of thioether (sulfide) groups is 1. The van der Waals surface area contributed by atoms with E-state index < -0.39 is 0 Å². The van der Waals surface area contributed by atoms with Crippen molar-refractivity contribution < 1.29 is 9.53 Å². The summed E-state index contributed by atoms with van der Waals surface area (Å²) in [5.74, 6) is 1.71. The second-order valence-corrected chi connectivity index (χ2v) is 8.56. The minimum atomic E-state index is -0.238. The fourth-order valence-electron chi connectivity index (χ4n) is 3.71. The van der Waals surface area contributed by atoms with Gasteiger partial charge in [0.2, 0.25) is 0 Å². The molecule has 1 aliphatic heterocycles. The Morgan fingerprint density at radius 1 is 1.17 bits per heavy atom. The second-order valence-electron chi connectivity index (χ2n) is 7.37. The van der Waals surface area contributed by atoms with Gasteiger partial charge in [-0.3, -0.25) is 0 Å². The van der Waals surface area contributed by atoms with Crippen LogP contribution >= 0.6 is 11.8 Å². The number of nitrogens with one attached hydrogen (secondary N) is 2. The standard InChI is InChI=1S/C21H27N5O2S/c1-22-20(27)23-16-6-4-15(5-7-16)19-24-17(21(29-2)8-3-9-21)14-18(25-19)26-10-12-28-13-11-26/h4-7,14H,3,8-13H2,1-2H3,(H2,22,23,27). The maximum absolute atomic E-state index is 11.5. The van der Waals surface area contributed by atoms with E-state index in [0.29, 0.717) is 0 Å². The van der Waals surface area contributed by atoms with Crippen LogP contribution in [0.2, 0.25) is 0 Å². The summed E-state index contributed by atoms with van der Waals surface area (Å²) in [6.45, 7) is 3.14. The number of rotatable bonds is 5. The van der Waals surface area contributed by atoms with E-state index in [9.17, 15) is 4.79 Å². The molecule has 1 saturated carbocycles. The maximum atomic E-state index is 11.5. The average Bonchev–Trinajstić information content (AvgIpc) is 2.74. The molecule has 0 spiro atoms. The van der Waals surface area contributed by atoms with Gasteiger partial charge in [-0.15, -0.1) is 0 Å². The van der Waals surface area contributed by atoms with Gasteiger partial charge in [0, 0.05) is 37.5 Å². The van der Waals surface area contributed by atoms with Gasteiger partial charge >= 0.3 is 6.03 Å². The van der Waals surface area contributed by atoms with Crippen LogP contribution in [0.4, 0.5) is 16.3 Å². The Bertz CT molecular complexity index is 858. The number of hydrogen-bond acceptors (Lipinski definition) is 6. The molecule has 2 fully saturated rings. The van der Waals surface area contributed by atoms with Crippen molar-refractivity contribution in [3.8, 4) is 11.4 Å². The van der Waals surface area contributed by atoms with Crippen LogP contribution in [0.25, 0.3) is 11.4 Å². The maximum Gasteiger partial charge on any atom is 0.318 e. The number of urea groups is 1. The normalized spacial score (nSPS) is 18.1. The summed E-state index contributed by atoms with van der Waals surface area (Å²) in [5, 5.41) is 5.33. The van der Waals surface area contributed by atoms with Gasteiger partial charge in [0.15, 0.2) is 5.82 Å². The third-order valence-corrected chi connectivity index (χ3v) is 7.09. The minimum absolute atomic E-state index is 0.0967. The lowest BCUT2D eigenvalue weighted by Crippen LogP contribution is -2.38. The molecule has 8 heteroatoms. The highest BCUT2D eigenvalue weighted by Crippen LogP contribution is 2.51. The number of anilines is 2. The number of carbonyl (C=O) groups excluding carboxylic acids is 1. The zero-order valence-electron chi connectivity index (χ0n) is 16.9. The third-order valence-electron chi connectivity index (χ3n) is 5.69. The van der Waals surface area contributed by atoms with E-state index in [2.05, 4.69) is 27.9 Å². The Balaban J connectivity index is 1.69. The molecule has 2 aliphatic rings. The summed E-state index contributed by atoms with van der Waals surface area (Å²) in [4.78, 5) is 23.7. The lowest BCUT2D eigenvalue weighted by molar-refractivity contribution is 0.122. The fraction of sp³-hybridized carbons (Fsp3) is 0.476. The van der Waals surface area contributed by atoms with Crippen LogP contribution in [-0.4, -0.2) is 55.6 Å². The lowest BCUT2D eigenvalue weighted by atomic mass is 9.81. The number of aromatic nitrogens is 2. The van der Waals surface area contributed by atoms with Crippen molar-refractivity contribution in [3.63, 3.8) is 0 Å². The quantitative estimate of drug-likeness (QED) is 0.781. The minimum Gasteiger partial charge on any atom is -0.378 e. The molecule has 7 nitrogen and oxygen atoms in total. The van der Waals surface area contributed by atoms with Gasteiger partial charge in [0.25, 0.3) is 0 Å². The predicted octanol–water partition coefficient (Wildman–Crippen LogP) is 3.47. The Labute approximate surface area is 175 Å². The van der Waals surface area contributed by atoms with Crippen LogP contribution in [0.5, 0.6) is 0 Å². The Kier molecular flexibility index (Phi) is 5.91. The molecular formula is C21H27N5O2S. The molecule has 1 aromatic carbocycles. The van der Waals surface area contributed by atoms with Crippen LogP contribution in [0, 0.1) is 0 Å². The largest absolute Gasteiger partial charge is 0.378 e. The van der Waals surface area contributed by atoms with Crippen LogP contribution in [0.1, 0.15) is 25.0 Å². The monoisotopic (exact) mass is 413 g/mol. The number of carbonyl (C=O) groups is 1. The molecule has 2 aromatic rings. The summed E-state index contributed by atoms with van der Waals surface area (Å²) in [7, 11) is 1.60. The number of hydrogen-bond donors (Lipinski definition) is 2. The molecule has 1 aromatic heterocycles. The first-order valence-electron chi connectivity index (χ1n) is 10.0. The molecule has 154 valence electrons. The van der Waals surface area contributed by atoms with Crippen molar-refractivity contribution in [2.24, 2.45) is 0 Å². The molecule has 0 radical (unpaired) electrons. The molecule has 1 aliphatic carbocycles. The Hall–Kier alpha value is -2.32. The van der Waals surface area contributed by atoms with E-state index in [0.717, 1.165) is 67.7 Å². The van der Waals surface area contributed by atoms with E-state index in [4.69, 9.17) is 14.7 Å². The molecule has 0 unspecified atom stereocenters. The fourth-order valence-corrected chi connectivity index (χ4v) is 4.72. The van der Waals surface area contributed by atoms with E-state index in [1.165, 1.54) is 6.42 Å². The molecule has 2 N–H and O–H groups in total. The summed E-state index contributed by atoms with van der Waals surface area (Å²) < 4.78 is 5.61. The molecule has 2 amide bonds. The van der Waals surface area contributed by atoms with Crippen molar-refractivity contribution in [1.82, 2.24) is 15.3 Å². The van der Waals surface area contributed by atoms with Crippen molar-refractivity contribution in [1.29, 1.82) is 0 Å². The van der Waals surface area contributed by atoms with E-state index in [1.807, 2.05) is 36.0 Å². The molecule has 4 rings (SSSR count). The van der Waals surface area contributed by atoms with Crippen molar-refractivity contribution >= 4 is 29.3 Å². The second kappa shape index (κ2) is 8.59. The Morgan fingerprint density at radius 2 is 1.90 bits per heavy atom. The molecule has 29 heavy (non-hydrogen) atoms. The van der Waals surface area contributed by atoms with Gasteiger partial charge in [-0.2, -0.15) is 11.8 Å². The first-order chi connectivity index (χ1) is 14.1. The average molecular weight is 414 g/mol. The van der Waals surface area contributed by atoms with E-state index in [1.54, 1.807) is 7.05 Å². The van der Waals surface area contributed by atoms with Gasteiger partial charge in [-0.1, -0.05) is 0 Å². The molecular weight excluding hydrogens is 386 g/mol. The highest BCUT2D eigenvalue weighted by Gasteiger charge is 2.40. The van der Waals surface area contributed by atoms with Crippen LogP contribution < -0.4 is 15.5 Å². The van der Waals surface area contributed by atoms with Crippen LogP contribution in [0.3, 0.4) is 0 Å².